The van der Waals surface area contributed by atoms with E-state index in [1.54, 1.807) is 49.6 Å². The molecule has 2 saturated heterocycles. The van der Waals surface area contributed by atoms with Gasteiger partial charge in [-0.1, -0.05) is 113 Å². The SMILES string of the molecule is Brc1cccnc1.Brc1cccnc1.Brc1cccnc1.Brc1cccnc1.Cc1cc(C)c(N2[CH-]N(c3c(C)cc(C)cc3C)CC2)c(C)c1.Cc1cc(C)c(N2[CH-]N(c3c(C)cc(C)cc3C)CC2)c(C)c1.O=S(=O)([O-])CCCOCC1CC(/C=C\C2CC(/C=C\c3ccccc3)CC2COCCCS(=O)(=O)[O-])CC1[CH]=[Ru]([Cl])[Cl].O=S(=O)([O-])CCCOCC1CC2C=CC1C2.[B].[Cl][Ru]([Cl])=[CH]c1ccccc1.[Na+].[Na+].[Na+]. The predicted molar refractivity (Wildman–Crippen MR) is 598 cm³/mol. The number of ether oxygens (including phenoxy) is 3. The molecule has 10 aromatic rings. The van der Waals surface area contributed by atoms with Crippen LogP contribution in [0.4, 0.5) is 22.7 Å². The molecule has 779 valence electrons. The molecule has 3 saturated carbocycles. The van der Waals surface area contributed by atoms with E-state index in [9.17, 15) is 38.9 Å². The Morgan fingerprint density at radius 3 is 0.966 bits per heavy atom. The average Bonchev–Trinajstić information content (AvgIpc) is 1.62. The second kappa shape index (κ2) is 71.4. The number of hydrogen-bond acceptors (Lipinski definition) is 20. The first-order valence-electron chi connectivity index (χ1n) is 47.2. The van der Waals surface area contributed by atoms with Gasteiger partial charge in [-0.05, 0) is 277 Å². The van der Waals surface area contributed by atoms with E-state index in [-0.39, 0.29) is 147 Å². The molecule has 6 aliphatic rings. The van der Waals surface area contributed by atoms with Gasteiger partial charge in [0.1, 0.15) is 0 Å². The van der Waals surface area contributed by atoms with Gasteiger partial charge >= 0.3 is 368 Å². The molecule has 0 spiro atoms. The van der Waals surface area contributed by atoms with Gasteiger partial charge in [0.05, 0.1) is 20.2 Å². The summed E-state index contributed by atoms with van der Waals surface area (Å²) in [5, 5.41) is 0. The first-order chi connectivity index (χ1) is 67.5. The average molecular weight is 2590 g/mol. The van der Waals surface area contributed by atoms with Gasteiger partial charge in [-0.15, -0.1) is 0 Å². The van der Waals surface area contributed by atoms with Crippen LogP contribution in [0.3, 0.4) is 0 Å². The third-order valence-electron chi connectivity index (χ3n) is 24.2. The monoisotopic (exact) mass is 2580 g/mol. The molecule has 2 bridgehead atoms. The Morgan fingerprint density at radius 2 is 0.692 bits per heavy atom. The van der Waals surface area contributed by atoms with Crippen molar-refractivity contribution >= 4 is 179 Å². The number of halogens is 8. The number of nitrogens with zero attached hydrogens (tertiary/aromatic N) is 8. The molecule has 3 radical (unpaired) electrons. The topological polar surface area (TPSA) is 264 Å². The van der Waals surface area contributed by atoms with Crippen LogP contribution in [0.5, 0.6) is 0 Å². The number of aryl methyl sites for hydroxylation is 12. The minimum absolute atomic E-state index is 0. The maximum atomic E-state index is 10.9. The molecular formula is C109H133BBr4Cl4N8Na3O12Ru2S3-2. The number of rotatable bonds is 28. The van der Waals surface area contributed by atoms with E-state index in [2.05, 4.69) is 301 Å². The summed E-state index contributed by atoms with van der Waals surface area (Å²) in [4.78, 5) is 25.0. The zero-order chi connectivity index (χ0) is 103. The zero-order valence-electron chi connectivity index (χ0n) is 86.2. The van der Waals surface area contributed by atoms with E-state index < -0.39 is 68.9 Å². The van der Waals surface area contributed by atoms with Crippen LogP contribution in [-0.4, -0.2) is 160 Å². The molecule has 37 heteroatoms. The quantitative estimate of drug-likeness (QED) is 0.0145. The van der Waals surface area contributed by atoms with Crippen molar-refractivity contribution in [3.63, 3.8) is 0 Å². The van der Waals surface area contributed by atoms with Crippen molar-refractivity contribution in [2.45, 2.75) is 141 Å². The molecule has 0 amide bonds. The van der Waals surface area contributed by atoms with Crippen LogP contribution in [0, 0.1) is 150 Å². The first-order valence-corrected chi connectivity index (χ1v) is 66.0. The number of anilines is 4. The molecule has 9 atom stereocenters. The Morgan fingerprint density at radius 1 is 0.384 bits per heavy atom. The molecule has 0 N–H and O–H groups in total. The maximum Gasteiger partial charge on any atom is 1.00 e. The van der Waals surface area contributed by atoms with Gasteiger partial charge in [-0.3, -0.25) is 19.9 Å². The summed E-state index contributed by atoms with van der Waals surface area (Å²) >= 11 is 9.39. The summed E-state index contributed by atoms with van der Waals surface area (Å²) in [6.45, 7) is 37.6. The van der Waals surface area contributed by atoms with Crippen molar-refractivity contribution in [2.24, 2.45) is 53.3 Å². The molecule has 5 fully saturated rings. The molecule has 2 aliphatic heterocycles. The molecule has 4 aromatic heterocycles. The van der Waals surface area contributed by atoms with Crippen molar-refractivity contribution in [2.75, 3.05) is 103 Å². The first kappa shape index (κ1) is 135. The molecule has 9 unspecified atom stereocenters. The normalized spacial score (nSPS) is 18.4. The Balaban J connectivity index is 0.000000368. The minimum Gasteiger partial charge on any atom is 1.00 e. The number of fused-ring (bicyclic) bond motifs is 2. The summed E-state index contributed by atoms with van der Waals surface area (Å²) in [6.07, 6.45) is 34.4. The summed E-state index contributed by atoms with van der Waals surface area (Å²) in [5.74, 6) is 2.56. The zero-order valence-corrected chi connectivity index (χ0v) is 107. The molecular weight excluding hydrogens is 2450 g/mol. The third-order valence-corrected chi connectivity index (χ3v) is 32.5. The van der Waals surface area contributed by atoms with Gasteiger partial charge in [0, 0.05) is 150 Å². The van der Waals surface area contributed by atoms with Gasteiger partial charge in [0.2, 0.25) is 0 Å². The van der Waals surface area contributed by atoms with Crippen molar-refractivity contribution < 1.29 is 169 Å². The van der Waals surface area contributed by atoms with E-state index in [0.717, 1.165) is 86.8 Å². The van der Waals surface area contributed by atoms with E-state index in [0.29, 0.717) is 62.4 Å². The van der Waals surface area contributed by atoms with Crippen molar-refractivity contribution in [3.8, 4) is 0 Å². The van der Waals surface area contributed by atoms with Gasteiger partial charge in [-0.2, -0.15) is 13.3 Å². The Kier molecular flexibility index (Phi) is 66.2. The predicted octanol–water partition coefficient (Wildman–Crippen LogP) is 17.1. The Hall–Kier alpha value is -2.92. The maximum absolute atomic E-state index is 10.9. The molecule has 6 aromatic carbocycles. The van der Waals surface area contributed by atoms with Crippen LogP contribution in [-0.2, 0) is 71.6 Å². The second-order valence-electron chi connectivity index (χ2n) is 36.3. The van der Waals surface area contributed by atoms with Crippen LogP contribution in [0.25, 0.3) is 6.08 Å². The number of pyridine rings is 4. The third kappa shape index (κ3) is 52.8. The minimum atomic E-state index is -4.24. The Bertz CT molecular complexity index is 5580. The number of aromatic nitrogens is 4. The van der Waals surface area contributed by atoms with Gasteiger partial charge < -0.3 is 33.4 Å². The summed E-state index contributed by atoms with van der Waals surface area (Å²) in [6, 6.07) is 53.6. The van der Waals surface area contributed by atoms with Crippen LogP contribution < -0.4 is 108 Å². The van der Waals surface area contributed by atoms with Crippen LogP contribution in [0.1, 0.15) is 136 Å². The standard InChI is InChI=1S/C29H42O8S2.2C21H27N2.C11H18O4S.C7H6.4C5H4BrN.B.4ClH.3Na.2Ru/c1-23-17-25(19-28(23)21-36-13-5-15-38(30,31)32)11-12-27-18-26(10-9-24-7-3-2-4-8-24)20-29(27)22-37-14-6-16-39(33,34)35;2*1-14-9-16(3)20(17(4)10-14)22-7-8-23(13-22)21-18(5)11-15(2)12-19(21)6;12-16(13,14)5-1-4-15-8-11-7-9-2-3-10(11)6-9;1-7-5-3-2-4-6-7;4*6-5-2-1-3-7-4-5;;;;;;;;;;/h1-4,7-12,23,25-29H,5-6,13-22H2,(H,30,31,32)(H,33,34,35);2*9-13H,7-8H2,1-6H3;2-3,9-11H,1,4-8H2,(H,12,13,14);1-6H;4*1-4H;;4*1H;;;;;/q;2*-1;;;;;;;;;;;;3*+1;2*+2/p-7/b10-9-,12-11-;;;;;;;;;;;;;;;;;;. The summed E-state index contributed by atoms with van der Waals surface area (Å²) < 4.78 is 121. The van der Waals surface area contributed by atoms with Gasteiger partial charge in [0.15, 0.2) is 0 Å². The fraction of sp³-hybridized carbons (Fsp3) is 0.394. The summed E-state index contributed by atoms with van der Waals surface area (Å²) in [7, 11) is 11.2. The van der Waals surface area contributed by atoms with Gasteiger partial charge in [-0.25, -0.2) is 16.8 Å². The second-order valence-corrected chi connectivity index (χ2v) is 56.1. The summed E-state index contributed by atoms with van der Waals surface area (Å²) in [5.41, 5.74) is 23.9. The van der Waals surface area contributed by atoms with Crippen LogP contribution in [0.2, 0.25) is 0 Å². The smallest absolute Gasteiger partial charge is 1.00 e. The number of hydrogen-bond donors (Lipinski definition) is 0. The van der Waals surface area contributed by atoms with E-state index in [4.69, 9.17) is 53.0 Å². The van der Waals surface area contributed by atoms with Crippen molar-refractivity contribution in [1.82, 2.24) is 19.9 Å². The van der Waals surface area contributed by atoms with Crippen molar-refractivity contribution in [3.05, 3.63) is 347 Å². The van der Waals surface area contributed by atoms with Crippen LogP contribution in [0.15, 0.2) is 256 Å². The molecule has 16 rings (SSSR count). The fourth-order valence-electron chi connectivity index (χ4n) is 18.7. The Labute approximate surface area is 998 Å². The molecule has 146 heavy (non-hydrogen) atoms. The molecule has 4 aliphatic carbocycles. The van der Waals surface area contributed by atoms with E-state index in [1.807, 2.05) is 102 Å². The van der Waals surface area contributed by atoms with Crippen LogP contribution >= 0.6 is 102 Å². The fourth-order valence-corrected chi connectivity index (χ4v) is 25.6. The number of benzene rings is 6. The molecule has 6 heterocycles. The van der Waals surface area contributed by atoms with E-state index in [1.165, 1.54) is 102 Å². The number of allylic oxidation sites excluding steroid dienone is 5. The molecule has 20 nitrogen and oxygen atoms in total. The van der Waals surface area contributed by atoms with Crippen molar-refractivity contribution in [1.29, 1.82) is 0 Å². The van der Waals surface area contributed by atoms with Gasteiger partial charge in [0.25, 0.3) is 0 Å². The van der Waals surface area contributed by atoms with E-state index >= 15 is 0 Å². The largest absolute Gasteiger partial charge is 1.00 e.